The van der Waals surface area contributed by atoms with Gasteiger partial charge in [-0.3, -0.25) is 14.7 Å². The van der Waals surface area contributed by atoms with E-state index in [1.807, 2.05) is 6.07 Å². The largest absolute Gasteiger partial charge is 0.444 e. The van der Waals surface area contributed by atoms with E-state index in [1.54, 1.807) is 28.0 Å². The lowest BCUT2D eigenvalue weighted by molar-refractivity contribution is 0.0514. The van der Waals surface area contributed by atoms with E-state index in [-0.39, 0.29) is 11.8 Å². The first kappa shape index (κ1) is 19.4. The Morgan fingerprint density at radius 3 is 2.28 bits per heavy atom. The van der Waals surface area contributed by atoms with Crippen molar-refractivity contribution >= 4 is 27.7 Å². The molecule has 0 bridgehead atoms. The second kappa shape index (κ2) is 7.87. The summed E-state index contributed by atoms with van der Waals surface area (Å²) in [6.45, 7) is 5.96. The van der Waals surface area contributed by atoms with Gasteiger partial charge in [-0.2, -0.15) is 5.10 Å². The Bertz CT molecular complexity index is 1060. The van der Waals surface area contributed by atoms with Gasteiger partial charge in [-0.1, -0.05) is 12.1 Å². The van der Waals surface area contributed by atoms with Crippen LogP contribution in [0.25, 0.3) is 11.3 Å². The molecule has 1 saturated heterocycles. The molecule has 0 radical (unpaired) electrons. The lowest BCUT2D eigenvalue weighted by atomic mass is 10.0. The van der Waals surface area contributed by atoms with Gasteiger partial charge in [0.05, 0.1) is 5.69 Å². The highest BCUT2D eigenvalue weighted by atomic mass is 79.9. The molecule has 7 nitrogen and oxygen atoms in total. The maximum atomic E-state index is 12.8. The molecular weight excluding hydrogens is 436 g/mol. The van der Waals surface area contributed by atoms with Crippen LogP contribution in [0.2, 0.25) is 0 Å². The summed E-state index contributed by atoms with van der Waals surface area (Å²) in [6, 6.07) is 11.2. The van der Waals surface area contributed by atoms with E-state index in [4.69, 9.17) is 4.42 Å². The van der Waals surface area contributed by atoms with Gasteiger partial charge in [-0.15, -0.1) is 0 Å². The van der Waals surface area contributed by atoms with Crippen molar-refractivity contribution in [1.29, 1.82) is 0 Å². The molecule has 0 saturated carbocycles. The molecular formula is C21H21BrN4O3. The molecule has 1 aromatic carbocycles. The summed E-state index contributed by atoms with van der Waals surface area (Å²) in [7, 11) is 0. The highest BCUT2D eigenvalue weighted by Crippen LogP contribution is 2.22. The number of piperazine rings is 1. The topological polar surface area (TPSA) is 82.4 Å². The number of hydrogen-bond acceptors (Lipinski definition) is 4. The number of halogens is 1. The molecule has 0 unspecified atom stereocenters. The second-order valence-corrected chi connectivity index (χ2v) is 7.94. The monoisotopic (exact) mass is 456 g/mol. The number of nitrogens with one attached hydrogen (secondary N) is 1. The highest BCUT2D eigenvalue weighted by Gasteiger charge is 2.27. The summed E-state index contributed by atoms with van der Waals surface area (Å²) in [5, 5.41) is 7.16. The SMILES string of the molecule is Cc1ccc(-c2cc(C(=O)N3CCN(C(=O)c4ccc(Br)o4)CC3)[nH]n2)cc1C. The van der Waals surface area contributed by atoms with Gasteiger partial charge in [-0.25, -0.2) is 0 Å². The van der Waals surface area contributed by atoms with Crippen molar-refractivity contribution in [1.82, 2.24) is 20.0 Å². The molecule has 29 heavy (non-hydrogen) atoms. The summed E-state index contributed by atoms with van der Waals surface area (Å²) in [6.07, 6.45) is 0. The molecule has 1 fully saturated rings. The van der Waals surface area contributed by atoms with E-state index in [1.165, 1.54) is 11.1 Å². The van der Waals surface area contributed by atoms with E-state index in [9.17, 15) is 9.59 Å². The fraction of sp³-hybridized carbons (Fsp3) is 0.286. The van der Waals surface area contributed by atoms with Crippen LogP contribution >= 0.6 is 15.9 Å². The predicted molar refractivity (Wildman–Crippen MR) is 112 cm³/mol. The summed E-state index contributed by atoms with van der Waals surface area (Å²) < 4.78 is 5.86. The van der Waals surface area contributed by atoms with E-state index in [0.29, 0.717) is 42.3 Å². The van der Waals surface area contributed by atoms with E-state index in [2.05, 4.69) is 52.1 Å². The minimum absolute atomic E-state index is 0.111. The van der Waals surface area contributed by atoms with Crippen LogP contribution < -0.4 is 0 Å². The van der Waals surface area contributed by atoms with Gasteiger partial charge in [-0.05, 0) is 65.2 Å². The number of carbonyl (C=O) groups excluding carboxylic acids is 2. The van der Waals surface area contributed by atoms with Gasteiger partial charge < -0.3 is 14.2 Å². The molecule has 3 aromatic rings. The first-order valence-electron chi connectivity index (χ1n) is 9.39. The van der Waals surface area contributed by atoms with Crippen LogP contribution in [0.15, 0.2) is 45.5 Å². The zero-order valence-corrected chi connectivity index (χ0v) is 17.8. The summed E-state index contributed by atoms with van der Waals surface area (Å²) >= 11 is 3.21. The van der Waals surface area contributed by atoms with Crippen LogP contribution in [0.5, 0.6) is 0 Å². The molecule has 0 aliphatic carbocycles. The quantitative estimate of drug-likeness (QED) is 0.651. The molecule has 1 N–H and O–H groups in total. The van der Waals surface area contributed by atoms with Gasteiger partial charge in [0.2, 0.25) is 0 Å². The Balaban J connectivity index is 1.40. The number of aryl methyl sites for hydroxylation is 2. The zero-order valence-electron chi connectivity index (χ0n) is 16.2. The van der Waals surface area contributed by atoms with Crippen LogP contribution in [0.1, 0.15) is 32.2 Å². The first-order valence-corrected chi connectivity index (χ1v) is 10.2. The Kier molecular flexibility index (Phi) is 5.27. The predicted octanol–water partition coefficient (Wildman–Crippen LogP) is 3.65. The molecule has 2 aromatic heterocycles. The number of nitrogens with zero attached hydrogens (tertiary/aromatic N) is 3. The van der Waals surface area contributed by atoms with E-state index < -0.39 is 0 Å². The first-order chi connectivity index (χ1) is 13.9. The van der Waals surface area contributed by atoms with Gasteiger partial charge >= 0.3 is 0 Å². The van der Waals surface area contributed by atoms with Gasteiger partial charge in [0.25, 0.3) is 11.8 Å². The number of carbonyl (C=O) groups is 2. The molecule has 4 rings (SSSR count). The normalized spacial score (nSPS) is 14.3. The molecule has 3 heterocycles. The molecule has 0 spiro atoms. The van der Waals surface area contributed by atoms with E-state index >= 15 is 0 Å². The van der Waals surface area contributed by atoms with Crippen LogP contribution in [-0.4, -0.2) is 58.0 Å². The Hall–Kier alpha value is -2.87. The zero-order chi connectivity index (χ0) is 20.5. The lowest BCUT2D eigenvalue weighted by Crippen LogP contribution is -2.50. The molecule has 8 heteroatoms. The van der Waals surface area contributed by atoms with Crippen molar-refractivity contribution < 1.29 is 14.0 Å². The van der Waals surface area contributed by atoms with Crippen molar-refractivity contribution in [3.8, 4) is 11.3 Å². The third-order valence-electron chi connectivity index (χ3n) is 5.25. The Labute approximate surface area is 176 Å². The number of amides is 2. The van der Waals surface area contributed by atoms with Crippen molar-refractivity contribution in [2.45, 2.75) is 13.8 Å². The molecule has 150 valence electrons. The van der Waals surface area contributed by atoms with Crippen molar-refractivity contribution in [2.75, 3.05) is 26.2 Å². The fourth-order valence-corrected chi connectivity index (χ4v) is 3.65. The molecule has 2 amide bonds. The number of H-pyrrole nitrogens is 1. The maximum Gasteiger partial charge on any atom is 0.289 e. The molecule has 1 aliphatic heterocycles. The lowest BCUT2D eigenvalue weighted by Gasteiger charge is -2.34. The smallest absolute Gasteiger partial charge is 0.289 e. The molecule has 1 aliphatic rings. The van der Waals surface area contributed by atoms with Gasteiger partial charge in [0, 0.05) is 31.7 Å². The van der Waals surface area contributed by atoms with Crippen LogP contribution in [0, 0.1) is 13.8 Å². The van der Waals surface area contributed by atoms with Crippen molar-refractivity contribution in [3.63, 3.8) is 0 Å². The number of rotatable bonds is 3. The Morgan fingerprint density at radius 1 is 0.966 bits per heavy atom. The third-order valence-corrected chi connectivity index (χ3v) is 5.68. The van der Waals surface area contributed by atoms with Gasteiger partial charge in [0.1, 0.15) is 5.69 Å². The fourth-order valence-electron chi connectivity index (χ4n) is 3.35. The molecule has 0 atom stereocenters. The maximum absolute atomic E-state index is 12.8. The Morgan fingerprint density at radius 2 is 1.66 bits per heavy atom. The minimum atomic E-state index is -0.165. The van der Waals surface area contributed by atoms with Crippen molar-refractivity contribution in [3.05, 3.63) is 63.6 Å². The highest BCUT2D eigenvalue weighted by molar-refractivity contribution is 9.10. The third kappa shape index (κ3) is 3.98. The van der Waals surface area contributed by atoms with E-state index in [0.717, 1.165) is 11.3 Å². The number of hydrogen-bond donors (Lipinski definition) is 1. The second-order valence-electron chi connectivity index (χ2n) is 7.15. The summed E-state index contributed by atoms with van der Waals surface area (Å²) in [5.74, 6) is 0.0186. The van der Waals surface area contributed by atoms with Crippen molar-refractivity contribution in [2.24, 2.45) is 0 Å². The van der Waals surface area contributed by atoms with Crippen LogP contribution in [-0.2, 0) is 0 Å². The average molecular weight is 457 g/mol. The average Bonchev–Trinajstić information content (AvgIpc) is 3.38. The minimum Gasteiger partial charge on any atom is -0.444 e. The summed E-state index contributed by atoms with van der Waals surface area (Å²) in [4.78, 5) is 28.7. The van der Waals surface area contributed by atoms with Crippen LogP contribution in [0.3, 0.4) is 0 Å². The van der Waals surface area contributed by atoms with Gasteiger partial charge in [0.15, 0.2) is 10.4 Å². The number of aromatic nitrogens is 2. The summed E-state index contributed by atoms with van der Waals surface area (Å²) in [5.41, 5.74) is 4.57. The standard InChI is InChI=1S/C21H21BrN4O3/c1-13-3-4-15(11-14(13)2)16-12-17(24-23-16)20(27)25-7-9-26(10-8-25)21(28)18-5-6-19(22)29-18/h3-6,11-12H,7-10H2,1-2H3,(H,23,24). The number of furan rings is 1. The number of benzene rings is 1. The number of aromatic amines is 1. The van der Waals surface area contributed by atoms with Crippen LogP contribution in [0.4, 0.5) is 0 Å².